The van der Waals surface area contributed by atoms with Crippen LogP contribution in [0.1, 0.15) is 26.0 Å². The molecule has 0 radical (unpaired) electrons. The van der Waals surface area contributed by atoms with Gasteiger partial charge < -0.3 is 15.8 Å². The smallest absolute Gasteiger partial charge is 0.241 e. The van der Waals surface area contributed by atoms with Crippen molar-refractivity contribution in [2.75, 3.05) is 12.4 Å². The summed E-state index contributed by atoms with van der Waals surface area (Å²) in [5, 5.41) is 2.78. The second-order valence-electron chi connectivity index (χ2n) is 4.71. The molecule has 0 saturated carbocycles. The van der Waals surface area contributed by atoms with Crippen LogP contribution in [0.5, 0.6) is 5.88 Å². The molecule has 18 heavy (non-hydrogen) atoms. The van der Waals surface area contributed by atoms with Gasteiger partial charge >= 0.3 is 0 Å². The average Bonchev–Trinajstić information content (AvgIpc) is 2.30. The van der Waals surface area contributed by atoms with Gasteiger partial charge in [0.2, 0.25) is 11.8 Å². The molecule has 0 aliphatic heterocycles. The first-order chi connectivity index (χ1) is 8.43. The highest BCUT2D eigenvalue weighted by atomic mass is 16.5. The lowest BCUT2D eigenvalue weighted by Crippen LogP contribution is -2.36. The molecule has 3 N–H and O–H groups in total. The van der Waals surface area contributed by atoms with Gasteiger partial charge in [0.1, 0.15) is 0 Å². The summed E-state index contributed by atoms with van der Waals surface area (Å²) in [6.45, 7) is 5.88. The molecule has 0 bridgehead atoms. The maximum atomic E-state index is 11.9. The molecule has 0 fully saturated rings. The van der Waals surface area contributed by atoms with Crippen molar-refractivity contribution in [3.05, 3.63) is 17.8 Å². The van der Waals surface area contributed by atoms with Crippen molar-refractivity contribution in [3.63, 3.8) is 0 Å². The SMILES string of the molecule is COc1ccc(NC(=O)[C@@H](N)CC(C)C)c(C)n1. The van der Waals surface area contributed by atoms with E-state index < -0.39 is 6.04 Å². The van der Waals surface area contributed by atoms with Gasteiger partial charge in [-0.2, -0.15) is 0 Å². The number of hydrogen-bond donors (Lipinski definition) is 2. The molecule has 1 heterocycles. The number of anilines is 1. The lowest BCUT2D eigenvalue weighted by Gasteiger charge is -2.15. The highest BCUT2D eigenvalue weighted by molar-refractivity contribution is 5.95. The van der Waals surface area contributed by atoms with Crippen LogP contribution < -0.4 is 15.8 Å². The number of aromatic nitrogens is 1. The number of carbonyl (C=O) groups is 1. The first-order valence-corrected chi connectivity index (χ1v) is 6.02. The fourth-order valence-corrected chi connectivity index (χ4v) is 1.62. The van der Waals surface area contributed by atoms with Crippen molar-refractivity contribution < 1.29 is 9.53 Å². The van der Waals surface area contributed by atoms with E-state index in [-0.39, 0.29) is 5.91 Å². The number of ether oxygens (including phenoxy) is 1. The number of carbonyl (C=O) groups excluding carboxylic acids is 1. The number of methoxy groups -OCH3 is 1. The average molecular weight is 251 g/mol. The van der Waals surface area contributed by atoms with E-state index >= 15 is 0 Å². The summed E-state index contributed by atoms with van der Waals surface area (Å²) in [5.74, 6) is 0.733. The van der Waals surface area contributed by atoms with E-state index in [1.54, 1.807) is 19.2 Å². The van der Waals surface area contributed by atoms with Gasteiger partial charge in [0.25, 0.3) is 0 Å². The Morgan fingerprint density at radius 1 is 1.50 bits per heavy atom. The molecule has 1 amide bonds. The molecule has 0 aromatic carbocycles. The van der Waals surface area contributed by atoms with E-state index in [1.807, 2.05) is 20.8 Å². The van der Waals surface area contributed by atoms with Gasteiger partial charge in [-0.15, -0.1) is 0 Å². The number of amides is 1. The Morgan fingerprint density at radius 3 is 2.67 bits per heavy atom. The number of nitrogens with one attached hydrogen (secondary N) is 1. The zero-order valence-electron chi connectivity index (χ0n) is 11.4. The normalized spacial score (nSPS) is 12.3. The number of hydrogen-bond acceptors (Lipinski definition) is 4. The van der Waals surface area contributed by atoms with Crippen LogP contribution in [-0.2, 0) is 4.79 Å². The van der Waals surface area contributed by atoms with Crippen molar-refractivity contribution in [3.8, 4) is 5.88 Å². The van der Waals surface area contributed by atoms with Gasteiger partial charge in [-0.05, 0) is 25.3 Å². The molecule has 5 heteroatoms. The molecule has 1 aromatic heterocycles. The van der Waals surface area contributed by atoms with Gasteiger partial charge in [0.15, 0.2) is 0 Å². The molecular weight excluding hydrogens is 230 g/mol. The molecule has 0 aliphatic rings. The third-order valence-electron chi connectivity index (χ3n) is 2.59. The highest BCUT2D eigenvalue weighted by Gasteiger charge is 2.16. The van der Waals surface area contributed by atoms with Crippen LogP contribution >= 0.6 is 0 Å². The third-order valence-corrected chi connectivity index (χ3v) is 2.59. The fraction of sp³-hybridized carbons (Fsp3) is 0.538. The van der Waals surface area contributed by atoms with E-state index in [0.29, 0.717) is 29.6 Å². The largest absolute Gasteiger partial charge is 0.481 e. The van der Waals surface area contributed by atoms with Crippen molar-refractivity contribution in [1.82, 2.24) is 4.98 Å². The second kappa shape index (κ2) is 6.35. The lowest BCUT2D eigenvalue weighted by atomic mass is 10.0. The summed E-state index contributed by atoms with van der Waals surface area (Å²) in [7, 11) is 1.55. The van der Waals surface area contributed by atoms with E-state index in [0.717, 1.165) is 0 Å². The van der Waals surface area contributed by atoms with Crippen LogP contribution in [-0.4, -0.2) is 24.0 Å². The first kappa shape index (κ1) is 14.4. The van der Waals surface area contributed by atoms with Crippen LogP contribution in [0.3, 0.4) is 0 Å². The Labute approximate surface area is 108 Å². The van der Waals surface area contributed by atoms with Gasteiger partial charge in [0, 0.05) is 6.07 Å². The molecule has 1 aromatic rings. The number of nitrogens with two attached hydrogens (primary N) is 1. The van der Waals surface area contributed by atoms with Crippen molar-refractivity contribution in [1.29, 1.82) is 0 Å². The predicted octanol–water partition coefficient (Wildman–Crippen LogP) is 1.71. The maximum Gasteiger partial charge on any atom is 0.241 e. The van der Waals surface area contributed by atoms with Gasteiger partial charge in [-0.1, -0.05) is 13.8 Å². The summed E-state index contributed by atoms with van der Waals surface area (Å²) < 4.78 is 5.01. The number of nitrogens with zero attached hydrogens (tertiary/aromatic N) is 1. The number of rotatable bonds is 5. The first-order valence-electron chi connectivity index (χ1n) is 6.02. The molecule has 1 atom stereocenters. The van der Waals surface area contributed by atoms with Crippen molar-refractivity contribution >= 4 is 11.6 Å². The van der Waals surface area contributed by atoms with Crippen LogP contribution in [0.15, 0.2) is 12.1 Å². The maximum absolute atomic E-state index is 11.9. The molecule has 1 rings (SSSR count). The molecular formula is C13H21N3O2. The Balaban J connectivity index is 2.70. The Kier molecular flexibility index (Phi) is 5.09. The molecule has 0 unspecified atom stereocenters. The molecule has 0 spiro atoms. The summed E-state index contributed by atoms with van der Waals surface area (Å²) in [6, 6.07) is 2.98. The van der Waals surface area contributed by atoms with E-state index in [2.05, 4.69) is 10.3 Å². The van der Waals surface area contributed by atoms with Crippen LogP contribution in [0.25, 0.3) is 0 Å². The minimum Gasteiger partial charge on any atom is -0.481 e. The Bertz CT molecular complexity index is 419. The van der Waals surface area contributed by atoms with Crippen LogP contribution in [0, 0.1) is 12.8 Å². The minimum atomic E-state index is -0.494. The summed E-state index contributed by atoms with van der Waals surface area (Å²) in [6.07, 6.45) is 0.661. The fourth-order valence-electron chi connectivity index (χ4n) is 1.62. The topological polar surface area (TPSA) is 77.2 Å². The standard InChI is InChI=1S/C13H21N3O2/c1-8(2)7-10(14)13(17)16-11-5-6-12(18-4)15-9(11)3/h5-6,8,10H,7,14H2,1-4H3,(H,16,17)/t10-/m0/s1. The Morgan fingerprint density at radius 2 is 2.17 bits per heavy atom. The van der Waals surface area contributed by atoms with E-state index in [9.17, 15) is 4.79 Å². The van der Waals surface area contributed by atoms with Gasteiger partial charge in [-0.25, -0.2) is 4.98 Å². The second-order valence-corrected chi connectivity index (χ2v) is 4.71. The zero-order chi connectivity index (χ0) is 13.7. The summed E-state index contributed by atoms with van der Waals surface area (Å²) in [4.78, 5) is 16.0. The van der Waals surface area contributed by atoms with Crippen molar-refractivity contribution in [2.45, 2.75) is 33.2 Å². The summed E-state index contributed by atoms with van der Waals surface area (Å²) >= 11 is 0. The quantitative estimate of drug-likeness (QED) is 0.835. The highest BCUT2D eigenvalue weighted by Crippen LogP contribution is 2.17. The predicted molar refractivity (Wildman–Crippen MR) is 71.6 cm³/mol. The number of pyridine rings is 1. The van der Waals surface area contributed by atoms with E-state index in [4.69, 9.17) is 10.5 Å². The van der Waals surface area contributed by atoms with Gasteiger partial charge in [0.05, 0.1) is 24.5 Å². The summed E-state index contributed by atoms with van der Waals surface area (Å²) in [5.41, 5.74) is 7.19. The molecule has 100 valence electrons. The van der Waals surface area contributed by atoms with Crippen molar-refractivity contribution in [2.24, 2.45) is 11.7 Å². The molecule has 0 saturated heterocycles. The lowest BCUT2D eigenvalue weighted by molar-refractivity contribution is -0.117. The minimum absolute atomic E-state index is 0.182. The van der Waals surface area contributed by atoms with Gasteiger partial charge in [-0.3, -0.25) is 4.79 Å². The van der Waals surface area contributed by atoms with E-state index in [1.165, 1.54) is 0 Å². The monoisotopic (exact) mass is 251 g/mol. The zero-order valence-corrected chi connectivity index (χ0v) is 11.4. The molecule has 5 nitrogen and oxygen atoms in total. The van der Waals surface area contributed by atoms with Crippen LogP contribution in [0.2, 0.25) is 0 Å². The third kappa shape index (κ3) is 4.00. The number of aryl methyl sites for hydroxylation is 1. The molecule has 0 aliphatic carbocycles. The van der Waals surface area contributed by atoms with Crippen LogP contribution in [0.4, 0.5) is 5.69 Å². The Hall–Kier alpha value is -1.62.